The molecule has 0 atom stereocenters. The molecule has 0 saturated carbocycles. The Balaban J connectivity index is 2.21. The monoisotopic (exact) mass is 263 g/mol. The third-order valence-corrected chi connectivity index (χ3v) is 2.37. The van der Waals surface area contributed by atoms with Gasteiger partial charge in [0.05, 0.1) is 20.4 Å². The minimum absolute atomic E-state index is 0.102. The van der Waals surface area contributed by atoms with Gasteiger partial charge in [-0.05, 0) is 19.1 Å². The smallest absolute Gasteiger partial charge is 0.400 e. The fraction of sp³-hybridized carbons (Fsp3) is 0.231. The van der Waals surface area contributed by atoms with Gasteiger partial charge in [-0.15, -0.1) is 0 Å². The number of nitrogens with zero attached hydrogens (tertiary/aromatic N) is 1. The summed E-state index contributed by atoms with van der Waals surface area (Å²) in [4.78, 5) is 15.6. The molecule has 0 N–H and O–H groups in total. The van der Waals surface area contributed by atoms with E-state index in [2.05, 4.69) is 4.98 Å². The molecule has 1 aromatic heterocycles. The molecule has 0 fully saturated rings. The third kappa shape index (κ3) is 2.85. The number of oxazole rings is 1. The number of carbonyl (C=O) groups is 1. The highest BCUT2D eigenvalue weighted by molar-refractivity contribution is 5.86. The van der Waals surface area contributed by atoms with Crippen molar-refractivity contribution in [3.63, 3.8) is 0 Å². The standard InChI is InChI=1S/C13H13NO5/c1-8-7-14-12(18-8)13(15)19-10-5-4-9(16-2)6-11(10)17-3/h4-7H,1-3H3. The number of rotatable bonds is 4. The number of hydrogen-bond acceptors (Lipinski definition) is 6. The Morgan fingerprint density at radius 3 is 2.58 bits per heavy atom. The van der Waals surface area contributed by atoms with Crippen LogP contribution in [0.15, 0.2) is 28.8 Å². The Morgan fingerprint density at radius 2 is 2.00 bits per heavy atom. The van der Waals surface area contributed by atoms with Crippen molar-refractivity contribution >= 4 is 5.97 Å². The van der Waals surface area contributed by atoms with Gasteiger partial charge in [0, 0.05) is 6.07 Å². The Bertz CT molecular complexity index is 590. The van der Waals surface area contributed by atoms with Gasteiger partial charge < -0.3 is 18.6 Å². The summed E-state index contributed by atoms with van der Waals surface area (Å²) in [5.74, 6) is 1.00. The minimum atomic E-state index is -0.684. The van der Waals surface area contributed by atoms with E-state index in [1.165, 1.54) is 20.4 Å². The summed E-state index contributed by atoms with van der Waals surface area (Å²) in [5, 5.41) is 0. The van der Waals surface area contributed by atoms with E-state index < -0.39 is 5.97 Å². The molecule has 6 nitrogen and oxygen atoms in total. The number of methoxy groups -OCH3 is 2. The molecule has 0 radical (unpaired) electrons. The minimum Gasteiger partial charge on any atom is -0.497 e. The van der Waals surface area contributed by atoms with Crippen LogP contribution in [0.2, 0.25) is 0 Å². The van der Waals surface area contributed by atoms with Gasteiger partial charge in [0.2, 0.25) is 0 Å². The van der Waals surface area contributed by atoms with Gasteiger partial charge in [0.25, 0.3) is 0 Å². The molecule has 0 aliphatic carbocycles. The second kappa shape index (κ2) is 5.43. The fourth-order valence-electron chi connectivity index (χ4n) is 1.45. The Kier molecular flexibility index (Phi) is 3.70. The topological polar surface area (TPSA) is 70.8 Å². The number of benzene rings is 1. The summed E-state index contributed by atoms with van der Waals surface area (Å²) in [6, 6.07) is 4.85. The van der Waals surface area contributed by atoms with Crippen molar-refractivity contribution in [3.8, 4) is 17.2 Å². The molecule has 6 heteroatoms. The molecule has 0 unspecified atom stereocenters. The third-order valence-electron chi connectivity index (χ3n) is 2.37. The SMILES string of the molecule is COc1ccc(OC(=O)c2ncc(C)o2)c(OC)c1. The van der Waals surface area contributed by atoms with Crippen LogP contribution in [-0.2, 0) is 0 Å². The first-order chi connectivity index (χ1) is 9.13. The maximum atomic E-state index is 11.8. The summed E-state index contributed by atoms with van der Waals surface area (Å²) >= 11 is 0. The molecule has 0 spiro atoms. The molecule has 0 aliphatic rings. The number of carbonyl (C=O) groups excluding carboxylic acids is 1. The maximum absolute atomic E-state index is 11.8. The quantitative estimate of drug-likeness (QED) is 0.622. The van der Waals surface area contributed by atoms with Gasteiger partial charge >= 0.3 is 11.9 Å². The van der Waals surface area contributed by atoms with Gasteiger partial charge in [0.1, 0.15) is 11.5 Å². The van der Waals surface area contributed by atoms with Crippen molar-refractivity contribution in [1.29, 1.82) is 0 Å². The molecular weight excluding hydrogens is 250 g/mol. The molecule has 0 amide bonds. The number of hydrogen-bond donors (Lipinski definition) is 0. The average Bonchev–Trinajstić information content (AvgIpc) is 2.86. The predicted octanol–water partition coefficient (Wildman–Crippen LogP) is 2.22. The predicted molar refractivity (Wildman–Crippen MR) is 65.7 cm³/mol. The van der Waals surface area contributed by atoms with E-state index >= 15 is 0 Å². The second-order valence-corrected chi connectivity index (χ2v) is 3.68. The Hall–Kier alpha value is -2.50. The number of esters is 1. The van der Waals surface area contributed by atoms with E-state index in [0.717, 1.165) is 0 Å². The van der Waals surface area contributed by atoms with Crippen LogP contribution >= 0.6 is 0 Å². The molecule has 2 aromatic rings. The summed E-state index contributed by atoms with van der Waals surface area (Å²) in [6.45, 7) is 1.69. The Labute approximate surface area is 109 Å². The number of aryl methyl sites for hydroxylation is 1. The highest BCUT2D eigenvalue weighted by Gasteiger charge is 2.17. The largest absolute Gasteiger partial charge is 0.497 e. The summed E-state index contributed by atoms with van der Waals surface area (Å²) in [7, 11) is 3.01. The summed E-state index contributed by atoms with van der Waals surface area (Å²) in [5.41, 5.74) is 0. The molecule has 1 heterocycles. The zero-order chi connectivity index (χ0) is 13.8. The summed E-state index contributed by atoms with van der Waals surface area (Å²) < 4.78 is 20.4. The lowest BCUT2D eigenvalue weighted by molar-refractivity contribution is 0.0686. The molecule has 1 aromatic carbocycles. The van der Waals surface area contributed by atoms with Crippen LogP contribution in [0.5, 0.6) is 17.2 Å². The van der Waals surface area contributed by atoms with Crippen molar-refractivity contribution < 1.29 is 23.4 Å². The zero-order valence-corrected chi connectivity index (χ0v) is 10.8. The lowest BCUT2D eigenvalue weighted by atomic mass is 10.3. The lowest BCUT2D eigenvalue weighted by Crippen LogP contribution is -2.09. The van der Waals surface area contributed by atoms with Crippen LogP contribution < -0.4 is 14.2 Å². The van der Waals surface area contributed by atoms with Crippen LogP contribution in [-0.4, -0.2) is 25.2 Å². The molecule has 0 bridgehead atoms. The van der Waals surface area contributed by atoms with Gasteiger partial charge in [-0.25, -0.2) is 9.78 Å². The van der Waals surface area contributed by atoms with Crippen molar-refractivity contribution in [1.82, 2.24) is 4.98 Å². The molecule has 100 valence electrons. The Morgan fingerprint density at radius 1 is 1.21 bits per heavy atom. The van der Waals surface area contributed by atoms with Crippen LogP contribution in [0.25, 0.3) is 0 Å². The number of aromatic nitrogens is 1. The number of ether oxygens (including phenoxy) is 3. The van der Waals surface area contributed by atoms with E-state index in [1.54, 1.807) is 25.1 Å². The highest BCUT2D eigenvalue weighted by atomic mass is 16.6. The van der Waals surface area contributed by atoms with E-state index in [4.69, 9.17) is 18.6 Å². The van der Waals surface area contributed by atoms with Crippen LogP contribution in [0.3, 0.4) is 0 Å². The first-order valence-corrected chi connectivity index (χ1v) is 5.50. The molecule has 19 heavy (non-hydrogen) atoms. The summed E-state index contributed by atoms with van der Waals surface area (Å²) in [6.07, 6.45) is 1.45. The average molecular weight is 263 g/mol. The van der Waals surface area contributed by atoms with Crippen LogP contribution in [0, 0.1) is 6.92 Å². The van der Waals surface area contributed by atoms with Gasteiger partial charge in [-0.3, -0.25) is 0 Å². The molecule has 0 saturated heterocycles. The van der Waals surface area contributed by atoms with Crippen molar-refractivity contribution in [3.05, 3.63) is 36.0 Å². The first-order valence-electron chi connectivity index (χ1n) is 5.50. The molecule has 2 rings (SSSR count). The van der Waals surface area contributed by atoms with Crippen LogP contribution in [0.1, 0.15) is 16.4 Å². The second-order valence-electron chi connectivity index (χ2n) is 3.68. The van der Waals surface area contributed by atoms with E-state index in [0.29, 0.717) is 17.3 Å². The zero-order valence-electron chi connectivity index (χ0n) is 10.8. The van der Waals surface area contributed by atoms with Gasteiger partial charge in [-0.1, -0.05) is 0 Å². The van der Waals surface area contributed by atoms with E-state index in [9.17, 15) is 4.79 Å². The van der Waals surface area contributed by atoms with Gasteiger partial charge in [0.15, 0.2) is 11.5 Å². The van der Waals surface area contributed by atoms with Gasteiger partial charge in [-0.2, -0.15) is 0 Å². The van der Waals surface area contributed by atoms with Crippen molar-refractivity contribution in [2.24, 2.45) is 0 Å². The van der Waals surface area contributed by atoms with Crippen LogP contribution in [0.4, 0.5) is 0 Å². The van der Waals surface area contributed by atoms with E-state index in [1.807, 2.05) is 0 Å². The molecule has 0 aliphatic heterocycles. The highest BCUT2D eigenvalue weighted by Crippen LogP contribution is 2.31. The normalized spacial score (nSPS) is 10.1. The van der Waals surface area contributed by atoms with Crippen molar-refractivity contribution in [2.75, 3.05) is 14.2 Å². The fourth-order valence-corrected chi connectivity index (χ4v) is 1.45. The molecular formula is C13H13NO5. The maximum Gasteiger partial charge on any atom is 0.400 e. The first kappa shape index (κ1) is 12.9. The lowest BCUT2D eigenvalue weighted by Gasteiger charge is -2.09. The van der Waals surface area contributed by atoms with E-state index in [-0.39, 0.29) is 11.6 Å². The van der Waals surface area contributed by atoms with Crippen molar-refractivity contribution in [2.45, 2.75) is 6.92 Å².